The standard InChI is InChI=1S/C26H23F2N3O2/c1-3-30(15-12-18-10-13-29-14-11-18)24-23(19-6-4-17(2)5-7-19)25(32)31(26(24)33)20-8-9-21(27)22(28)16-20/h4-11,13-14,16H,3,12,15H2,1-2H3. The SMILES string of the molecule is CCN(CCc1ccncc1)C1=C(c2ccc(C)cc2)C(=O)N(c2ccc(F)c(F)c2)C1=O. The van der Waals surface area contributed by atoms with Gasteiger partial charge in [0.25, 0.3) is 11.8 Å². The van der Waals surface area contributed by atoms with Gasteiger partial charge < -0.3 is 4.90 Å². The number of anilines is 1. The highest BCUT2D eigenvalue weighted by Gasteiger charge is 2.42. The van der Waals surface area contributed by atoms with Crippen LogP contribution in [0.25, 0.3) is 5.57 Å². The lowest BCUT2D eigenvalue weighted by molar-refractivity contribution is -0.120. The second-order valence-electron chi connectivity index (χ2n) is 7.82. The van der Waals surface area contributed by atoms with Gasteiger partial charge in [-0.15, -0.1) is 0 Å². The zero-order valence-corrected chi connectivity index (χ0v) is 18.4. The van der Waals surface area contributed by atoms with Gasteiger partial charge in [0.05, 0.1) is 11.3 Å². The number of halogens is 2. The van der Waals surface area contributed by atoms with Crippen LogP contribution in [0.1, 0.15) is 23.6 Å². The van der Waals surface area contributed by atoms with Crippen LogP contribution in [0.2, 0.25) is 0 Å². The summed E-state index contributed by atoms with van der Waals surface area (Å²) in [6.45, 7) is 4.82. The fraction of sp³-hybridized carbons (Fsp3) is 0.192. The highest BCUT2D eigenvalue weighted by molar-refractivity contribution is 6.45. The Hall–Kier alpha value is -3.87. The third-order valence-corrected chi connectivity index (χ3v) is 5.68. The van der Waals surface area contributed by atoms with Crippen molar-refractivity contribution in [3.8, 4) is 0 Å². The number of nitrogens with zero attached hydrogens (tertiary/aromatic N) is 3. The largest absolute Gasteiger partial charge is 0.366 e. The molecule has 0 fully saturated rings. The maximum Gasteiger partial charge on any atom is 0.282 e. The van der Waals surface area contributed by atoms with E-state index in [-0.39, 0.29) is 17.0 Å². The molecular weight excluding hydrogens is 424 g/mol. The zero-order chi connectivity index (χ0) is 23.5. The molecule has 0 unspecified atom stereocenters. The van der Waals surface area contributed by atoms with Gasteiger partial charge >= 0.3 is 0 Å². The van der Waals surface area contributed by atoms with E-state index in [0.29, 0.717) is 25.1 Å². The Bertz CT molecular complexity index is 1220. The number of hydrogen-bond acceptors (Lipinski definition) is 4. The number of imide groups is 1. The Morgan fingerprint density at radius 3 is 2.24 bits per heavy atom. The van der Waals surface area contributed by atoms with Crippen molar-refractivity contribution in [2.75, 3.05) is 18.0 Å². The summed E-state index contributed by atoms with van der Waals surface area (Å²) in [6, 6.07) is 14.1. The van der Waals surface area contributed by atoms with Crippen LogP contribution in [0.15, 0.2) is 72.7 Å². The van der Waals surface area contributed by atoms with E-state index in [1.165, 1.54) is 6.07 Å². The number of amides is 2. The summed E-state index contributed by atoms with van der Waals surface area (Å²) >= 11 is 0. The van der Waals surface area contributed by atoms with Crippen molar-refractivity contribution < 1.29 is 18.4 Å². The molecule has 4 rings (SSSR count). The van der Waals surface area contributed by atoms with Crippen molar-refractivity contribution in [1.82, 2.24) is 9.88 Å². The fourth-order valence-electron chi connectivity index (χ4n) is 3.89. The highest BCUT2D eigenvalue weighted by Crippen LogP contribution is 2.35. The first-order valence-corrected chi connectivity index (χ1v) is 10.7. The molecule has 2 aromatic carbocycles. The van der Waals surface area contributed by atoms with E-state index in [1.54, 1.807) is 24.5 Å². The van der Waals surface area contributed by atoms with Gasteiger partial charge in [-0.1, -0.05) is 29.8 Å². The molecular formula is C26H23F2N3O2. The maximum absolute atomic E-state index is 13.9. The van der Waals surface area contributed by atoms with Gasteiger partial charge in [0.15, 0.2) is 11.6 Å². The van der Waals surface area contributed by atoms with Crippen LogP contribution in [-0.2, 0) is 16.0 Å². The molecule has 1 aliphatic rings. The predicted octanol–water partition coefficient (Wildman–Crippen LogP) is 4.52. The third-order valence-electron chi connectivity index (χ3n) is 5.68. The molecule has 2 amide bonds. The lowest BCUT2D eigenvalue weighted by Gasteiger charge is -2.25. The summed E-state index contributed by atoms with van der Waals surface area (Å²) in [7, 11) is 0. The average Bonchev–Trinajstić information content (AvgIpc) is 3.07. The van der Waals surface area contributed by atoms with Crippen LogP contribution in [0.3, 0.4) is 0 Å². The van der Waals surface area contributed by atoms with Gasteiger partial charge in [-0.3, -0.25) is 14.6 Å². The van der Waals surface area contributed by atoms with Crippen LogP contribution < -0.4 is 4.90 Å². The van der Waals surface area contributed by atoms with E-state index in [2.05, 4.69) is 4.98 Å². The molecule has 0 bridgehead atoms. The first-order chi connectivity index (χ1) is 15.9. The number of aromatic nitrogens is 1. The zero-order valence-electron chi connectivity index (χ0n) is 18.4. The average molecular weight is 447 g/mol. The van der Waals surface area contributed by atoms with Crippen molar-refractivity contribution in [3.05, 3.63) is 101 Å². The monoisotopic (exact) mass is 447 g/mol. The minimum atomic E-state index is -1.12. The van der Waals surface area contributed by atoms with Crippen molar-refractivity contribution in [2.45, 2.75) is 20.3 Å². The molecule has 1 aromatic heterocycles. The first-order valence-electron chi connectivity index (χ1n) is 10.7. The predicted molar refractivity (Wildman–Crippen MR) is 122 cm³/mol. The number of rotatable bonds is 7. The quantitative estimate of drug-likeness (QED) is 0.500. The van der Waals surface area contributed by atoms with Crippen LogP contribution in [0.5, 0.6) is 0 Å². The molecule has 1 aliphatic heterocycles. The molecule has 2 heterocycles. The Morgan fingerprint density at radius 1 is 0.909 bits per heavy atom. The number of hydrogen-bond donors (Lipinski definition) is 0. The van der Waals surface area contributed by atoms with E-state index in [1.807, 2.05) is 43.0 Å². The molecule has 0 saturated heterocycles. The molecule has 0 radical (unpaired) electrons. The minimum absolute atomic E-state index is 0.00583. The normalized spacial score (nSPS) is 13.8. The molecule has 0 atom stereocenters. The highest BCUT2D eigenvalue weighted by atomic mass is 19.2. The van der Waals surface area contributed by atoms with Gasteiger partial charge in [-0.2, -0.15) is 0 Å². The Kier molecular flexibility index (Phi) is 6.31. The Balaban J connectivity index is 1.77. The number of likely N-dealkylation sites (N-methyl/N-ethyl adjacent to an activating group) is 1. The van der Waals surface area contributed by atoms with Gasteiger partial charge in [-0.25, -0.2) is 13.7 Å². The second-order valence-corrected chi connectivity index (χ2v) is 7.82. The molecule has 168 valence electrons. The Labute approximate surface area is 191 Å². The van der Waals surface area contributed by atoms with Gasteiger partial charge in [0.1, 0.15) is 5.70 Å². The smallest absolute Gasteiger partial charge is 0.282 e. The lowest BCUT2D eigenvalue weighted by atomic mass is 10.0. The number of benzene rings is 2. The summed E-state index contributed by atoms with van der Waals surface area (Å²) in [4.78, 5) is 33.9. The molecule has 3 aromatic rings. The summed E-state index contributed by atoms with van der Waals surface area (Å²) in [5, 5.41) is 0. The first kappa shape index (κ1) is 22.3. The van der Waals surface area contributed by atoms with E-state index in [9.17, 15) is 18.4 Å². The summed E-state index contributed by atoms with van der Waals surface area (Å²) in [5.41, 5.74) is 3.16. The molecule has 0 aliphatic carbocycles. The molecule has 0 saturated carbocycles. The van der Waals surface area contributed by atoms with E-state index >= 15 is 0 Å². The van der Waals surface area contributed by atoms with Gasteiger partial charge in [-0.05, 0) is 55.7 Å². The Morgan fingerprint density at radius 2 is 1.61 bits per heavy atom. The van der Waals surface area contributed by atoms with E-state index in [4.69, 9.17) is 0 Å². The van der Waals surface area contributed by atoms with Crippen LogP contribution in [0, 0.1) is 18.6 Å². The molecule has 0 N–H and O–H groups in total. The van der Waals surface area contributed by atoms with Crippen molar-refractivity contribution in [1.29, 1.82) is 0 Å². The number of carbonyl (C=O) groups is 2. The third kappa shape index (κ3) is 4.39. The lowest BCUT2D eigenvalue weighted by Crippen LogP contribution is -2.36. The van der Waals surface area contributed by atoms with Crippen molar-refractivity contribution >= 4 is 23.1 Å². The summed E-state index contributed by atoms with van der Waals surface area (Å²) < 4.78 is 27.4. The van der Waals surface area contributed by atoms with Crippen LogP contribution in [0.4, 0.5) is 14.5 Å². The van der Waals surface area contributed by atoms with Crippen LogP contribution >= 0.6 is 0 Å². The number of carbonyl (C=O) groups excluding carboxylic acids is 2. The summed E-state index contributed by atoms with van der Waals surface area (Å²) in [6.07, 6.45) is 4.06. The van der Waals surface area contributed by atoms with Crippen molar-refractivity contribution in [2.24, 2.45) is 0 Å². The fourth-order valence-corrected chi connectivity index (χ4v) is 3.89. The number of pyridine rings is 1. The topological polar surface area (TPSA) is 53.5 Å². The number of aryl methyl sites for hydroxylation is 1. The second kappa shape index (κ2) is 9.32. The van der Waals surface area contributed by atoms with Gasteiger partial charge in [0.2, 0.25) is 0 Å². The minimum Gasteiger partial charge on any atom is -0.366 e. The summed E-state index contributed by atoms with van der Waals surface area (Å²) in [5.74, 6) is -3.29. The van der Waals surface area contributed by atoms with Crippen LogP contribution in [-0.4, -0.2) is 34.8 Å². The van der Waals surface area contributed by atoms with E-state index < -0.39 is 23.4 Å². The molecule has 33 heavy (non-hydrogen) atoms. The van der Waals surface area contributed by atoms with Crippen molar-refractivity contribution in [3.63, 3.8) is 0 Å². The molecule has 7 heteroatoms. The molecule has 0 spiro atoms. The maximum atomic E-state index is 13.9. The van der Waals surface area contributed by atoms with E-state index in [0.717, 1.165) is 28.2 Å². The molecule has 5 nitrogen and oxygen atoms in total. The van der Waals surface area contributed by atoms with Gasteiger partial charge in [0, 0.05) is 31.5 Å².